The number of hydrogen-bond donors (Lipinski definition) is 2. The zero-order valence-corrected chi connectivity index (χ0v) is 11.3. The van der Waals surface area contributed by atoms with Crippen molar-refractivity contribution in [2.75, 3.05) is 6.54 Å². The lowest BCUT2D eigenvalue weighted by molar-refractivity contribution is -0.136. The second kappa shape index (κ2) is 6.10. The van der Waals surface area contributed by atoms with Crippen molar-refractivity contribution in [3.8, 4) is 11.3 Å². The fourth-order valence-corrected chi connectivity index (χ4v) is 2.10. The Morgan fingerprint density at radius 2 is 2.05 bits per heavy atom. The lowest BCUT2D eigenvalue weighted by atomic mass is 10.2. The maximum absolute atomic E-state index is 10.4. The molecule has 6 heteroatoms. The van der Waals surface area contributed by atoms with Crippen LogP contribution in [0.15, 0.2) is 34.7 Å². The van der Waals surface area contributed by atoms with Crippen molar-refractivity contribution >= 4 is 29.2 Å². The van der Waals surface area contributed by atoms with E-state index >= 15 is 0 Å². The number of hydrogen-bond acceptors (Lipinski definition) is 3. The van der Waals surface area contributed by atoms with Crippen LogP contribution in [0.4, 0.5) is 0 Å². The summed E-state index contributed by atoms with van der Waals surface area (Å²) in [7, 11) is 0. The maximum Gasteiger partial charge on any atom is 0.317 e. The van der Waals surface area contributed by atoms with Gasteiger partial charge in [-0.2, -0.15) is 0 Å². The Labute approximate surface area is 119 Å². The molecule has 2 rings (SSSR count). The van der Waals surface area contributed by atoms with Gasteiger partial charge in [-0.3, -0.25) is 10.1 Å². The monoisotopic (exact) mass is 299 g/mol. The zero-order chi connectivity index (χ0) is 13.8. The Bertz CT molecular complexity index is 595. The van der Waals surface area contributed by atoms with Crippen LogP contribution in [-0.2, 0) is 11.3 Å². The van der Waals surface area contributed by atoms with Gasteiger partial charge in [0, 0.05) is 10.6 Å². The van der Waals surface area contributed by atoms with Gasteiger partial charge in [0.05, 0.1) is 18.1 Å². The average Bonchev–Trinajstić information content (AvgIpc) is 2.77. The number of aliphatic carboxylic acids is 1. The molecule has 0 spiro atoms. The van der Waals surface area contributed by atoms with Crippen molar-refractivity contribution in [1.29, 1.82) is 0 Å². The van der Waals surface area contributed by atoms with E-state index in [0.717, 1.165) is 5.56 Å². The normalized spacial score (nSPS) is 10.6. The Morgan fingerprint density at radius 1 is 1.26 bits per heavy atom. The Hall–Kier alpha value is -1.49. The lowest BCUT2D eigenvalue weighted by Gasteiger charge is -2.02. The molecule has 0 aliphatic heterocycles. The Morgan fingerprint density at radius 3 is 2.74 bits per heavy atom. The molecule has 0 radical (unpaired) electrons. The molecule has 0 aliphatic carbocycles. The van der Waals surface area contributed by atoms with Crippen LogP contribution in [0.1, 0.15) is 5.76 Å². The van der Waals surface area contributed by atoms with E-state index in [4.69, 9.17) is 32.7 Å². The summed E-state index contributed by atoms with van der Waals surface area (Å²) < 4.78 is 5.59. The molecule has 0 saturated heterocycles. The summed E-state index contributed by atoms with van der Waals surface area (Å²) in [6, 6.07) is 8.71. The highest BCUT2D eigenvalue weighted by molar-refractivity contribution is 6.36. The number of benzene rings is 1. The van der Waals surface area contributed by atoms with Crippen molar-refractivity contribution in [3.63, 3.8) is 0 Å². The quantitative estimate of drug-likeness (QED) is 0.888. The lowest BCUT2D eigenvalue weighted by Crippen LogP contribution is -2.21. The number of halogens is 2. The van der Waals surface area contributed by atoms with Gasteiger partial charge < -0.3 is 9.52 Å². The van der Waals surface area contributed by atoms with Crippen LogP contribution >= 0.6 is 23.2 Å². The molecular weight excluding hydrogens is 289 g/mol. The average molecular weight is 300 g/mol. The van der Waals surface area contributed by atoms with Crippen LogP contribution < -0.4 is 5.32 Å². The number of carboxylic acids is 1. The van der Waals surface area contributed by atoms with Crippen LogP contribution in [-0.4, -0.2) is 17.6 Å². The van der Waals surface area contributed by atoms with Gasteiger partial charge in [-0.05, 0) is 30.3 Å². The van der Waals surface area contributed by atoms with E-state index in [9.17, 15) is 4.79 Å². The fourth-order valence-electron chi connectivity index (χ4n) is 1.60. The third-order valence-corrected chi connectivity index (χ3v) is 2.98. The summed E-state index contributed by atoms with van der Waals surface area (Å²) in [5.74, 6) is 0.351. The fraction of sp³-hybridized carbons (Fsp3) is 0.154. The molecule has 1 heterocycles. The van der Waals surface area contributed by atoms with Crippen molar-refractivity contribution in [3.05, 3.63) is 46.1 Å². The molecule has 19 heavy (non-hydrogen) atoms. The van der Waals surface area contributed by atoms with Crippen LogP contribution in [0.25, 0.3) is 11.3 Å². The smallest absolute Gasteiger partial charge is 0.317 e. The molecule has 0 aliphatic rings. The molecule has 0 bridgehead atoms. The summed E-state index contributed by atoms with van der Waals surface area (Å²) >= 11 is 11.9. The van der Waals surface area contributed by atoms with Crippen molar-refractivity contribution < 1.29 is 14.3 Å². The minimum Gasteiger partial charge on any atom is -0.480 e. The van der Waals surface area contributed by atoms with E-state index < -0.39 is 5.97 Å². The number of rotatable bonds is 5. The molecule has 1 aromatic carbocycles. The number of carboxylic acid groups (broad SMARTS) is 1. The van der Waals surface area contributed by atoms with E-state index in [1.807, 2.05) is 0 Å². The van der Waals surface area contributed by atoms with Crippen LogP contribution in [0.3, 0.4) is 0 Å². The summed E-state index contributed by atoms with van der Waals surface area (Å²) in [5, 5.41) is 12.3. The van der Waals surface area contributed by atoms with Gasteiger partial charge in [0.1, 0.15) is 11.5 Å². The van der Waals surface area contributed by atoms with Crippen molar-refractivity contribution in [1.82, 2.24) is 5.32 Å². The van der Waals surface area contributed by atoms with Gasteiger partial charge in [-0.25, -0.2) is 0 Å². The molecule has 1 aromatic heterocycles. The Kier molecular flexibility index (Phi) is 4.47. The van der Waals surface area contributed by atoms with Crippen LogP contribution in [0, 0.1) is 0 Å². The zero-order valence-electron chi connectivity index (χ0n) is 9.82. The highest BCUT2D eigenvalue weighted by Crippen LogP contribution is 2.31. The molecule has 4 nitrogen and oxygen atoms in total. The first-order chi connectivity index (χ1) is 9.06. The van der Waals surface area contributed by atoms with Crippen LogP contribution in [0.5, 0.6) is 0 Å². The Balaban J connectivity index is 2.10. The molecule has 0 fully saturated rings. The highest BCUT2D eigenvalue weighted by Gasteiger charge is 2.09. The predicted molar refractivity (Wildman–Crippen MR) is 73.5 cm³/mol. The molecule has 0 amide bonds. The van der Waals surface area contributed by atoms with E-state index in [0.29, 0.717) is 28.1 Å². The SMILES string of the molecule is O=C(O)CNCc1ccc(-c2ccc(Cl)cc2Cl)o1. The number of nitrogens with one attached hydrogen (secondary N) is 1. The first-order valence-corrected chi connectivity index (χ1v) is 6.28. The predicted octanol–water partition coefficient (Wildman–Crippen LogP) is 3.43. The van der Waals surface area contributed by atoms with Gasteiger partial charge in [0.25, 0.3) is 0 Å². The maximum atomic E-state index is 10.4. The molecule has 2 aromatic rings. The molecular formula is C13H11Cl2NO3. The second-order valence-electron chi connectivity index (χ2n) is 3.89. The molecule has 0 unspecified atom stereocenters. The van der Waals surface area contributed by atoms with Crippen molar-refractivity contribution in [2.24, 2.45) is 0 Å². The highest BCUT2D eigenvalue weighted by atomic mass is 35.5. The van der Waals surface area contributed by atoms with E-state index in [1.54, 1.807) is 30.3 Å². The topological polar surface area (TPSA) is 62.5 Å². The van der Waals surface area contributed by atoms with E-state index in [1.165, 1.54) is 0 Å². The van der Waals surface area contributed by atoms with E-state index in [-0.39, 0.29) is 6.54 Å². The summed E-state index contributed by atoms with van der Waals surface area (Å²) in [6.45, 7) is 0.231. The molecule has 2 N–H and O–H groups in total. The van der Waals surface area contributed by atoms with Crippen LogP contribution in [0.2, 0.25) is 10.0 Å². The minimum atomic E-state index is -0.910. The largest absolute Gasteiger partial charge is 0.480 e. The third kappa shape index (κ3) is 3.73. The summed E-state index contributed by atoms with van der Waals surface area (Å²) in [5.41, 5.74) is 0.746. The van der Waals surface area contributed by atoms with Crippen molar-refractivity contribution in [2.45, 2.75) is 6.54 Å². The summed E-state index contributed by atoms with van der Waals surface area (Å²) in [6.07, 6.45) is 0. The summed E-state index contributed by atoms with van der Waals surface area (Å²) in [4.78, 5) is 10.4. The molecule has 100 valence electrons. The minimum absolute atomic E-state index is 0.113. The first-order valence-electron chi connectivity index (χ1n) is 5.53. The van der Waals surface area contributed by atoms with Gasteiger partial charge in [-0.15, -0.1) is 0 Å². The van der Waals surface area contributed by atoms with Gasteiger partial charge in [0.2, 0.25) is 0 Å². The van der Waals surface area contributed by atoms with Gasteiger partial charge >= 0.3 is 5.97 Å². The van der Waals surface area contributed by atoms with Gasteiger partial charge in [0.15, 0.2) is 0 Å². The standard InChI is InChI=1S/C13H11Cl2NO3/c14-8-1-3-10(11(15)5-8)12-4-2-9(19-12)6-16-7-13(17)18/h1-5,16H,6-7H2,(H,17,18). The molecule has 0 atom stereocenters. The first kappa shape index (κ1) is 13.9. The molecule has 0 saturated carbocycles. The second-order valence-corrected chi connectivity index (χ2v) is 4.73. The van der Waals surface area contributed by atoms with Gasteiger partial charge in [-0.1, -0.05) is 23.2 Å². The third-order valence-electron chi connectivity index (χ3n) is 2.43. The number of carbonyl (C=O) groups is 1. The van der Waals surface area contributed by atoms with E-state index in [2.05, 4.69) is 5.32 Å². The number of furan rings is 1.